The Morgan fingerprint density at radius 3 is 2.16 bits per heavy atom. The van der Waals surface area contributed by atoms with Crippen molar-refractivity contribution in [2.45, 2.75) is 43.0 Å². The highest BCUT2D eigenvalue weighted by atomic mass is 32.2. The largest absolute Gasteiger partial charge is 0.493 e. The number of aromatic nitrogens is 2. The highest BCUT2D eigenvalue weighted by Crippen LogP contribution is 2.36. The number of hydrogen-bond donors (Lipinski definition) is 0. The molecule has 0 saturated carbocycles. The van der Waals surface area contributed by atoms with E-state index < -0.39 is 21.3 Å². The number of nitrogens with zero attached hydrogens (tertiary/aromatic N) is 2. The molecule has 0 unspecified atom stereocenters. The van der Waals surface area contributed by atoms with Gasteiger partial charge in [0.1, 0.15) is 0 Å². The maximum atomic E-state index is 13.4. The fraction of sp³-hybridized carbons (Fsp3) is 0.304. The van der Waals surface area contributed by atoms with Crippen molar-refractivity contribution in [2.24, 2.45) is 0 Å². The molecule has 3 rings (SSSR count). The minimum atomic E-state index is -4.00. The molecule has 1 aromatic heterocycles. The molecule has 2 aromatic carbocycles. The lowest BCUT2D eigenvalue weighted by Gasteiger charge is -2.22. The van der Waals surface area contributed by atoms with Crippen molar-refractivity contribution in [3.63, 3.8) is 0 Å². The predicted molar refractivity (Wildman–Crippen MR) is 118 cm³/mol. The highest BCUT2D eigenvalue weighted by molar-refractivity contribution is 7.91. The zero-order chi connectivity index (χ0) is 23.7. The number of sulfone groups is 1. The van der Waals surface area contributed by atoms with Gasteiger partial charge in [-0.25, -0.2) is 17.9 Å². The summed E-state index contributed by atoms with van der Waals surface area (Å²) in [4.78, 5) is 13.0. The molecule has 9 heteroatoms. The molecule has 0 N–H and O–H groups in total. The first-order chi connectivity index (χ1) is 15.0. The second-order valence-electron chi connectivity index (χ2n) is 8.08. The van der Waals surface area contributed by atoms with Crippen LogP contribution in [0.5, 0.6) is 17.4 Å². The summed E-state index contributed by atoms with van der Waals surface area (Å²) in [6, 6.07) is 12.5. The van der Waals surface area contributed by atoms with Crippen molar-refractivity contribution in [1.82, 2.24) is 9.78 Å². The zero-order valence-corrected chi connectivity index (χ0v) is 19.7. The van der Waals surface area contributed by atoms with Crippen LogP contribution in [-0.2, 0) is 15.4 Å². The third-order valence-corrected chi connectivity index (χ3v) is 6.63. The number of benzene rings is 2. The minimum Gasteiger partial charge on any atom is -0.493 e. The SMILES string of the molecule is COc1ccc(C(=O)Oc2c(S(=O)(=O)c3ccccc3)c(C)nn2C(C)(C)C)cc1OC. The van der Waals surface area contributed by atoms with Crippen LogP contribution in [0, 0.1) is 6.92 Å². The summed E-state index contributed by atoms with van der Waals surface area (Å²) in [5, 5.41) is 4.40. The third kappa shape index (κ3) is 4.34. The van der Waals surface area contributed by atoms with Gasteiger partial charge in [-0.2, -0.15) is 5.10 Å². The van der Waals surface area contributed by atoms with Gasteiger partial charge < -0.3 is 14.2 Å². The fourth-order valence-electron chi connectivity index (χ4n) is 3.17. The summed E-state index contributed by atoms with van der Waals surface area (Å²) in [5.74, 6) is -0.0916. The lowest BCUT2D eigenvalue weighted by atomic mass is 10.1. The van der Waals surface area contributed by atoms with Crippen LogP contribution in [0.2, 0.25) is 0 Å². The van der Waals surface area contributed by atoms with E-state index in [1.807, 2.05) is 20.8 Å². The standard InChI is InChI=1S/C23H26N2O6S/c1-15-20(32(27,28)17-10-8-7-9-11-17)21(25(24-15)23(2,3)4)31-22(26)16-12-13-18(29-5)19(14-16)30-6/h7-14H,1-6H3. The van der Waals surface area contributed by atoms with Gasteiger partial charge in [0.2, 0.25) is 15.7 Å². The molecule has 0 radical (unpaired) electrons. The maximum absolute atomic E-state index is 13.4. The van der Waals surface area contributed by atoms with Crippen LogP contribution < -0.4 is 14.2 Å². The van der Waals surface area contributed by atoms with E-state index in [1.54, 1.807) is 31.2 Å². The van der Waals surface area contributed by atoms with Gasteiger partial charge in [0.25, 0.3) is 0 Å². The Morgan fingerprint density at radius 1 is 0.969 bits per heavy atom. The summed E-state index contributed by atoms with van der Waals surface area (Å²) >= 11 is 0. The predicted octanol–water partition coefficient (Wildman–Crippen LogP) is 4.02. The van der Waals surface area contributed by atoms with Gasteiger partial charge in [0, 0.05) is 0 Å². The van der Waals surface area contributed by atoms with Crippen LogP contribution in [0.25, 0.3) is 0 Å². The third-order valence-electron chi connectivity index (χ3n) is 4.73. The van der Waals surface area contributed by atoms with Crippen LogP contribution in [0.1, 0.15) is 36.8 Å². The first kappa shape index (κ1) is 23.3. The van der Waals surface area contributed by atoms with Crippen LogP contribution in [0.4, 0.5) is 0 Å². The molecule has 0 aliphatic heterocycles. The quantitative estimate of drug-likeness (QED) is 0.515. The Bertz CT molecular complexity index is 1240. The molecule has 8 nitrogen and oxygen atoms in total. The topological polar surface area (TPSA) is 96.7 Å². The maximum Gasteiger partial charge on any atom is 0.345 e. The van der Waals surface area contributed by atoms with E-state index in [1.165, 1.54) is 43.2 Å². The molecule has 0 bridgehead atoms. The molecule has 0 amide bonds. The summed E-state index contributed by atoms with van der Waals surface area (Å²) in [5.41, 5.74) is -0.244. The number of rotatable bonds is 6. The first-order valence-corrected chi connectivity index (χ1v) is 11.3. The van der Waals surface area contributed by atoms with Crippen LogP contribution in [0.3, 0.4) is 0 Å². The lowest BCUT2D eigenvalue weighted by molar-refractivity contribution is 0.0703. The van der Waals surface area contributed by atoms with Gasteiger partial charge in [0.05, 0.1) is 35.9 Å². The monoisotopic (exact) mass is 458 g/mol. The average Bonchev–Trinajstić information content (AvgIpc) is 3.10. The number of carbonyl (C=O) groups excluding carboxylic acids is 1. The Hall–Kier alpha value is -3.33. The van der Waals surface area contributed by atoms with E-state index in [9.17, 15) is 13.2 Å². The normalized spacial score (nSPS) is 11.8. The number of ether oxygens (including phenoxy) is 3. The second kappa shape index (κ2) is 8.66. The number of methoxy groups -OCH3 is 2. The molecule has 170 valence electrons. The van der Waals surface area contributed by atoms with Crippen molar-refractivity contribution in [2.75, 3.05) is 14.2 Å². The molecule has 1 heterocycles. The van der Waals surface area contributed by atoms with E-state index in [4.69, 9.17) is 14.2 Å². The molecule has 0 atom stereocenters. The minimum absolute atomic E-state index is 0.0833. The molecule has 0 aliphatic rings. The van der Waals surface area contributed by atoms with Gasteiger partial charge in [-0.15, -0.1) is 0 Å². The molecular formula is C23H26N2O6S. The van der Waals surface area contributed by atoms with Gasteiger partial charge in [-0.1, -0.05) is 18.2 Å². The van der Waals surface area contributed by atoms with Gasteiger partial charge in [0.15, 0.2) is 16.4 Å². The molecule has 32 heavy (non-hydrogen) atoms. The number of carbonyl (C=O) groups is 1. The lowest BCUT2D eigenvalue weighted by Crippen LogP contribution is -2.26. The summed E-state index contributed by atoms with van der Waals surface area (Å²) < 4.78 is 44.4. The Morgan fingerprint density at radius 2 is 1.59 bits per heavy atom. The van der Waals surface area contributed by atoms with E-state index in [2.05, 4.69) is 5.10 Å². The van der Waals surface area contributed by atoms with Crippen molar-refractivity contribution >= 4 is 15.8 Å². The Kier molecular flexibility index (Phi) is 6.32. The summed E-state index contributed by atoms with van der Waals surface area (Å²) in [6.45, 7) is 7.09. The van der Waals surface area contributed by atoms with E-state index in [0.29, 0.717) is 11.5 Å². The van der Waals surface area contributed by atoms with Gasteiger partial charge >= 0.3 is 5.97 Å². The van der Waals surface area contributed by atoms with Crippen molar-refractivity contribution in [3.8, 4) is 17.4 Å². The number of hydrogen-bond acceptors (Lipinski definition) is 7. The smallest absolute Gasteiger partial charge is 0.345 e. The highest BCUT2D eigenvalue weighted by Gasteiger charge is 2.34. The van der Waals surface area contributed by atoms with E-state index >= 15 is 0 Å². The summed E-state index contributed by atoms with van der Waals surface area (Å²) in [7, 11) is -1.06. The number of esters is 1. The second-order valence-corrected chi connectivity index (χ2v) is 9.96. The van der Waals surface area contributed by atoms with Gasteiger partial charge in [-0.3, -0.25) is 0 Å². The fourth-order valence-corrected chi connectivity index (χ4v) is 4.71. The van der Waals surface area contributed by atoms with Crippen molar-refractivity contribution < 1.29 is 27.4 Å². The van der Waals surface area contributed by atoms with Crippen LogP contribution in [-0.4, -0.2) is 38.4 Å². The van der Waals surface area contributed by atoms with E-state index in [0.717, 1.165) is 0 Å². The van der Waals surface area contributed by atoms with Crippen molar-refractivity contribution in [3.05, 3.63) is 59.8 Å². The van der Waals surface area contributed by atoms with Crippen LogP contribution >= 0.6 is 0 Å². The van der Waals surface area contributed by atoms with E-state index in [-0.39, 0.29) is 26.9 Å². The van der Waals surface area contributed by atoms with Crippen molar-refractivity contribution in [1.29, 1.82) is 0 Å². The average molecular weight is 459 g/mol. The molecule has 0 saturated heterocycles. The van der Waals surface area contributed by atoms with Gasteiger partial charge in [-0.05, 0) is 58.0 Å². The molecular weight excluding hydrogens is 432 g/mol. The summed E-state index contributed by atoms with van der Waals surface area (Å²) in [6.07, 6.45) is 0. The number of aryl methyl sites for hydroxylation is 1. The molecule has 0 aliphatic carbocycles. The Labute approximate surface area is 187 Å². The molecule has 0 fully saturated rings. The first-order valence-electron chi connectivity index (χ1n) is 9.85. The molecule has 3 aromatic rings. The Balaban J connectivity index is 2.14. The zero-order valence-electron chi connectivity index (χ0n) is 18.9. The molecule has 0 spiro atoms. The van der Waals surface area contributed by atoms with Crippen LogP contribution in [0.15, 0.2) is 58.3 Å².